The SMILES string of the molecule is CCCCCC(CC)c1ccccc1O[PH+]=O. The molecule has 0 aliphatic rings. The fourth-order valence-electron chi connectivity index (χ4n) is 2.18. The summed E-state index contributed by atoms with van der Waals surface area (Å²) in [6.45, 7) is 4.42. The van der Waals surface area contributed by atoms with E-state index in [1.165, 1.54) is 31.2 Å². The summed E-state index contributed by atoms with van der Waals surface area (Å²) in [6, 6.07) is 7.95. The number of unbranched alkanes of at least 4 members (excludes halogenated alkanes) is 2. The molecule has 2 atom stereocenters. The molecule has 0 fully saturated rings. The van der Waals surface area contributed by atoms with Crippen molar-refractivity contribution in [2.45, 2.75) is 51.9 Å². The van der Waals surface area contributed by atoms with Gasteiger partial charge in [-0.3, -0.25) is 4.52 Å². The van der Waals surface area contributed by atoms with Crippen LogP contribution in [0.5, 0.6) is 5.75 Å². The van der Waals surface area contributed by atoms with Crippen molar-refractivity contribution in [2.75, 3.05) is 0 Å². The first-order valence-electron chi connectivity index (χ1n) is 6.46. The molecule has 2 nitrogen and oxygen atoms in total. The van der Waals surface area contributed by atoms with Gasteiger partial charge in [0.25, 0.3) is 0 Å². The molecule has 0 bridgehead atoms. The van der Waals surface area contributed by atoms with Crippen molar-refractivity contribution in [1.29, 1.82) is 0 Å². The molecule has 0 radical (unpaired) electrons. The first kappa shape index (κ1) is 14.2. The second-order valence-corrected chi connectivity index (χ2v) is 4.69. The molecular weight excluding hydrogens is 231 g/mol. The van der Waals surface area contributed by atoms with Crippen LogP contribution in [0.2, 0.25) is 0 Å². The van der Waals surface area contributed by atoms with E-state index < -0.39 is 8.69 Å². The van der Waals surface area contributed by atoms with E-state index >= 15 is 0 Å². The van der Waals surface area contributed by atoms with Crippen LogP contribution in [0.1, 0.15) is 57.4 Å². The minimum absolute atomic E-state index is 0.522. The molecule has 2 unspecified atom stereocenters. The van der Waals surface area contributed by atoms with E-state index in [1.807, 2.05) is 18.2 Å². The average Bonchev–Trinajstić information content (AvgIpc) is 2.36. The summed E-state index contributed by atoms with van der Waals surface area (Å²) >= 11 is 0. The first-order valence-corrected chi connectivity index (χ1v) is 7.28. The molecule has 3 heteroatoms. The monoisotopic (exact) mass is 253 g/mol. The Hall–Kier alpha value is -0.880. The van der Waals surface area contributed by atoms with Crippen LogP contribution in [0, 0.1) is 0 Å². The van der Waals surface area contributed by atoms with E-state index in [4.69, 9.17) is 4.52 Å². The standard InChI is InChI=1S/C14H22O2P/c1-3-5-6-9-12(4-2)13-10-7-8-11-14(13)16-17-15/h7-8,10-12,17H,3-6,9H2,1-2H3/q+1. The lowest BCUT2D eigenvalue weighted by atomic mass is 9.90. The molecule has 0 aliphatic carbocycles. The van der Waals surface area contributed by atoms with Gasteiger partial charge in [0, 0.05) is 5.56 Å². The van der Waals surface area contributed by atoms with Gasteiger partial charge in [-0.1, -0.05) is 51.3 Å². The summed E-state index contributed by atoms with van der Waals surface area (Å²) in [5, 5.41) is 0. The zero-order valence-corrected chi connectivity index (χ0v) is 11.7. The Kier molecular flexibility index (Phi) is 6.88. The number of rotatable bonds is 8. The summed E-state index contributed by atoms with van der Waals surface area (Å²) < 4.78 is 15.8. The molecule has 17 heavy (non-hydrogen) atoms. The summed E-state index contributed by atoms with van der Waals surface area (Å²) in [4.78, 5) is 0. The van der Waals surface area contributed by atoms with Crippen LogP contribution < -0.4 is 4.52 Å². The van der Waals surface area contributed by atoms with E-state index in [0.29, 0.717) is 5.92 Å². The molecule has 94 valence electrons. The van der Waals surface area contributed by atoms with E-state index in [2.05, 4.69) is 19.9 Å². The van der Waals surface area contributed by atoms with Gasteiger partial charge in [0.15, 0.2) is 5.75 Å². The van der Waals surface area contributed by atoms with Gasteiger partial charge < -0.3 is 0 Å². The van der Waals surface area contributed by atoms with E-state index in [0.717, 1.165) is 12.2 Å². The van der Waals surface area contributed by atoms with Crippen molar-refractivity contribution in [2.24, 2.45) is 0 Å². The van der Waals surface area contributed by atoms with Gasteiger partial charge in [0.05, 0.1) is 0 Å². The Bertz CT molecular complexity index is 339. The third kappa shape index (κ3) is 4.47. The van der Waals surface area contributed by atoms with Gasteiger partial charge in [-0.25, -0.2) is 0 Å². The molecular formula is C14H22O2P+. The molecule has 1 rings (SSSR count). The first-order chi connectivity index (χ1) is 8.33. The third-order valence-corrected chi connectivity index (χ3v) is 3.46. The highest BCUT2D eigenvalue weighted by atomic mass is 31.1. The zero-order valence-electron chi connectivity index (χ0n) is 10.7. The maximum Gasteiger partial charge on any atom is 0.542 e. The number of para-hydroxylation sites is 1. The highest BCUT2D eigenvalue weighted by molar-refractivity contribution is 7.17. The summed E-state index contributed by atoms with van der Waals surface area (Å²) in [5.74, 6) is 1.30. The largest absolute Gasteiger partial charge is 0.542 e. The zero-order chi connectivity index (χ0) is 12.5. The van der Waals surface area contributed by atoms with Crippen LogP contribution >= 0.6 is 8.69 Å². The Morgan fingerprint density at radius 2 is 2.00 bits per heavy atom. The van der Waals surface area contributed by atoms with Crippen LogP contribution in [-0.2, 0) is 4.57 Å². The lowest BCUT2D eigenvalue weighted by Gasteiger charge is -2.16. The van der Waals surface area contributed by atoms with Crippen molar-refractivity contribution in [3.05, 3.63) is 29.8 Å². The van der Waals surface area contributed by atoms with Crippen molar-refractivity contribution < 1.29 is 9.09 Å². The second kappa shape index (κ2) is 8.25. The smallest absolute Gasteiger partial charge is 0.256 e. The number of benzene rings is 1. The highest BCUT2D eigenvalue weighted by Crippen LogP contribution is 2.33. The average molecular weight is 253 g/mol. The van der Waals surface area contributed by atoms with Gasteiger partial charge in [-0.05, 0) is 29.4 Å². The highest BCUT2D eigenvalue weighted by Gasteiger charge is 2.15. The molecule has 0 saturated heterocycles. The van der Waals surface area contributed by atoms with E-state index in [1.54, 1.807) is 0 Å². The maximum atomic E-state index is 10.6. The fourth-order valence-corrected chi connectivity index (χ4v) is 2.45. The normalized spacial score (nSPS) is 12.6. The van der Waals surface area contributed by atoms with Crippen molar-refractivity contribution in [1.82, 2.24) is 0 Å². The molecule has 0 N–H and O–H groups in total. The van der Waals surface area contributed by atoms with Gasteiger partial charge in [0.1, 0.15) is 0 Å². The molecule has 0 saturated carbocycles. The van der Waals surface area contributed by atoms with E-state index in [-0.39, 0.29) is 0 Å². The van der Waals surface area contributed by atoms with Gasteiger partial charge in [0.2, 0.25) is 0 Å². The Morgan fingerprint density at radius 3 is 2.65 bits per heavy atom. The Balaban J connectivity index is 2.75. The number of hydrogen-bond donors (Lipinski definition) is 0. The quantitative estimate of drug-likeness (QED) is 0.477. The van der Waals surface area contributed by atoms with E-state index in [9.17, 15) is 4.57 Å². The van der Waals surface area contributed by atoms with Crippen LogP contribution in [0.3, 0.4) is 0 Å². The van der Waals surface area contributed by atoms with Crippen LogP contribution in [-0.4, -0.2) is 0 Å². The lowest BCUT2D eigenvalue weighted by Crippen LogP contribution is -1.99. The van der Waals surface area contributed by atoms with Crippen LogP contribution in [0.15, 0.2) is 24.3 Å². The van der Waals surface area contributed by atoms with Crippen LogP contribution in [0.4, 0.5) is 0 Å². The lowest BCUT2D eigenvalue weighted by molar-refractivity contribution is 0.503. The molecule has 0 spiro atoms. The predicted molar refractivity (Wildman–Crippen MR) is 73.2 cm³/mol. The minimum atomic E-state index is -0.722. The molecule has 0 aromatic heterocycles. The summed E-state index contributed by atoms with van der Waals surface area (Å²) in [5.41, 5.74) is 1.20. The molecule has 0 heterocycles. The van der Waals surface area contributed by atoms with Gasteiger partial charge in [-0.15, -0.1) is 0 Å². The molecule has 0 amide bonds. The predicted octanol–water partition coefficient (Wildman–Crippen LogP) is 5.08. The maximum absolute atomic E-state index is 10.6. The molecule has 1 aromatic rings. The van der Waals surface area contributed by atoms with Gasteiger partial charge in [-0.2, -0.15) is 0 Å². The van der Waals surface area contributed by atoms with Crippen LogP contribution in [0.25, 0.3) is 0 Å². The molecule has 0 aliphatic heterocycles. The van der Waals surface area contributed by atoms with Gasteiger partial charge >= 0.3 is 8.69 Å². The molecule has 1 aromatic carbocycles. The minimum Gasteiger partial charge on any atom is -0.256 e. The Labute approximate surface area is 106 Å². The Morgan fingerprint density at radius 1 is 1.24 bits per heavy atom. The van der Waals surface area contributed by atoms with Crippen molar-refractivity contribution >= 4 is 8.69 Å². The summed E-state index contributed by atoms with van der Waals surface area (Å²) in [7, 11) is -0.722. The topological polar surface area (TPSA) is 26.3 Å². The third-order valence-electron chi connectivity index (χ3n) is 3.16. The van der Waals surface area contributed by atoms with Crippen molar-refractivity contribution in [3.63, 3.8) is 0 Å². The van der Waals surface area contributed by atoms with Crippen molar-refractivity contribution in [3.8, 4) is 5.75 Å². The summed E-state index contributed by atoms with van der Waals surface area (Å²) in [6.07, 6.45) is 6.07. The number of hydrogen-bond acceptors (Lipinski definition) is 2. The second-order valence-electron chi connectivity index (χ2n) is 4.32. The fraction of sp³-hybridized carbons (Fsp3) is 0.571.